The highest BCUT2D eigenvalue weighted by atomic mass is 16.5. The molecule has 0 radical (unpaired) electrons. The fourth-order valence-corrected chi connectivity index (χ4v) is 3.92. The zero-order valence-electron chi connectivity index (χ0n) is 12.6. The van der Waals surface area contributed by atoms with Gasteiger partial charge in [0.2, 0.25) is 0 Å². The zero-order valence-corrected chi connectivity index (χ0v) is 12.6. The maximum Gasteiger partial charge on any atom is 0.342 e. The number of benzene rings is 1. The number of hydrogen-bond acceptors (Lipinski definition) is 4. The number of rotatable bonds is 1. The maximum absolute atomic E-state index is 11.8. The highest BCUT2D eigenvalue weighted by molar-refractivity contribution is 6.09. The average Bonchev–Trinajstić information content (AvgIpc) is 2.75. The molecule has 1 unspecified atom stereocenters. The van der Waals surface area contributed by atoms with E-state index in [1.807, 2.05) is 6.07 Å². The van der Waals surface area contributed by atoms with Crippen molar-refractivity contribution in [1.82, 2.24) is 0 Å². The lowest BCUT2D eigenvalue weighted by Crippen LogP contribution is -2.41. The van der Waals surface area contributed by atoms with E-state index >= 15 is 0 Å². The minimum absolute atomic E-state index is 0.104. The molecule has 3 aliphatic heterocycles. The van der Waals surface area contributed by atoms with Gasteiger partial charge in [0, 0.05) is 35.3 Å². The van der Waals surface area contributed by atoms with Crippen LogP contribution >= 0.6 is 0 Å². The molecule has 0 saturated carbocycles. The normalized spacial score (nSPS) is 25.0. The van der Waals surface area contributed by atoms with E-state index in [2.05, 4.69) is 36.9 Å². The zero-order chi connectivity index (χ0) is 15.5. The van der Waals surface area contributed by atoms with Crippen LogP contribution in [0.3, 0.4) is 0 Å². The predicted molar refractivity (Wildman–Crippen MR) is 82.5 cm³/mol. The fourth-order valence-electron chi connectivity index (χ4n) is 3.92. The maximum atomic E-state index is 11.8. The number of aldehydes is 1. The number of anilines is 1. The fraction of sp³-hybridized carbons (Fsp3) is 0.333. The van der Waals surface area contributed by atoms with Crippen LogP contribution < -0.4 is 4.90 Å². The van der Waals surface area contributed by atoms with Gasteiger partial charge in [0.15, 0.2) is 6.29 Å². The molecule has 4 nitrogen and oxygen atoms in total. The van der Waals surface area contributed by atoms with Crippen molar-refractivity contribution in [3.05, 3.63) is 52.7 Å². The number of para-hydroxylation sites is 1. The van der Waals surface area contributed by atoms with E-state index in [4.69, 9.17) is 4.74 Å². The predicted octanol–water partition coefficient (Wildman–Crippen LogP) is 2.49. The molecule has 112 valence electrons. The molecule has 3 heterocycles. The molecule has 1 aromatic carbocycles. The van der Waals surface area contributed by atoms with Gasteiger partial charge in [-0.05, 0) is 17.7 Å². The largest absolute Gasteiger partial charge is 0.454 e. The third-order valence-corrected chi connectivity index (χ3v) is 4.89. The average molecular weight is 295 g/mol. The van der Waals surface area contributed by atoms with Crippen molar-refractivity contribution < 1.29 is 14.3 Å². The highest BCUT2D eigenvalue weighted by Gasteiger charge is 2.46. The lowest BCUT2D eigenvalue weighted by Gasteiger charge is -2.38. The van der Waals surface area contributed by atoms with Gasteiger partial charge in [-0.25, -0.2) is 4.79 Å². The number of ether oxygens (including phenoxy) is 1. The topological polar surface area (TPSA) is 46.6 Å². The second kappa shape index (κ2) is 4.32. The minimum Gasteiger partial charge on any atom is -0.454 e. The molecule has 22 heavy (non-hydrogen) atoms. The van der Waals surface area contributed by atoms with Gasteiger partial charge in [0.05, 0.1) is 5.57 Å². The first-order valence-electron chi connectivity index (χ1n) is 7.53. The van der Waals surface area contributed by atoms with Gasteiger partial charge in [0.1, 0.15) is 6.10 Å². The third-order valence-electron chi connectivity index (χ3n) is 4.89. The Bertz CT molecular complexity index is 757. The van der Waals surface area contributed by atoms with Crippen LogP contribution in [0.2, 0.25) is 0 Å². The van der Waals surface area contributed by atoms with E-state index in [0.29, 0.717) is 6.29 Å². The summed E-state index contributed by atoms with van der Waals surface area (Å²) in [6, 6.07) is 8.37. The van der Waals surface area contributed by atoms with E-state index in [1.165, 1.54) is 11.3 Å². The Labute approximate surface area is 129 Å². The van der Waals surface area contributed by atoms with Crippen LogP contribution in [0.5, 0.6) is 0 Å². The molecule has 0 saturated heterocycles. The van der Waals surface area contributed by atoms with Crippen LogP contribution in [0.15, 0.2) is 47.2 Å². The summed E-state index contributed by atoms with van der Waals surface area (Å²) in [6.45, 7) is 5.18. The summed E-state index contributed by atoms with van der Waals surface area (Å²) in [5.74, 6) is -0.508. The SMILES string of the molecule is CC1(C)C2=C3C=C(C=O)C(=O)OC3CCN2c2ccccc21. The molecule has 0 fully saturated rings. The Kier molecular flexibility index (Phi) is 2.61. The summed E-state index contributed by atoms with van der Waals surface area (Å²) in [7, 11) is 0. The van der Waals surface area contributed by atoms with E-state index in [-0.39, 0.29) is 17.1 Å². The molecule has 1 aromatic rings. The Hall–Kier alpha value is -2.36. The van der Waals surface area contributed by atoms with Crippen LogP contribution in [-0.2, 0) is 19.7 Å². The van der Waals surface area contributed by atoms with E-state index in [0.717, 1.165) is 24.2 Å². The molecule has 1 atom stereocenters. The van der Waals surface area contributed by atoms with Crippen molar-refractivity contribution in [2.45, 2.75) is 31.8 Å². The Morgan fingerprint density at radius 1 is 1.32 bits per heavy atom. The molecule has 0 spiro atoms. The number of hydrogen-bond donors (Lipinski definition) is 0. The summed E-state index contributed by atoms with van der Waals surface area (Å²) >= 11 is 0. The number of carbonyl (C=O) groups is 2. The van der Waals surface area contributed by atoms with Crippen LogP contribution in [0, 0.1) is 0 Å². The van der Waals surface area contributed by atoms with Crippen molar-refractivity contribution in [3.63, 3.8) is 0 Å². The Morgan fingerprint density at radius 3 is 2.86 bits per heavy atom. The second-order valence-electron chi connectivity index (χ2n) is 6.50. The Balaban J connectivity index is 1.98. The van der Waals surface area contributed by atoms with Crippen molar-refractivity contribution in [2.24, 2.45) is 0 Å². The Morgan fingerprint density at radius 2 is 2.09 bits per heavy atom. The number of carbonyl (C=O) groups excluding carboxylic acids is 2. The monoisotopic (exact) mass is 295 g/mol. The van der Waals surface area contributed by atoms with Crippen LogP contribution in [-0.4, -0.2) is 24.9 Å². The second-order valence-corrected chi connectivity index (χ2v) is 6.50. The minimum atomic E-state index is -0.508. The summed E-state index contributed by atoms with van der Waals surface area (Å²) < 4.78 is 5.47. The van der Waals surface area contributed by atoms with Crippen LogP contribution in [0.4, 0.5) is 5.69 Å². The van der Waals surface area contributed by atoms with Gasteiger partial charge >= 0.3 is 5.97 Å². The van der Waals surface area contributed by atoms with Gasteiger partial charge in [-0.1, -0.05) is 32.0 Å². The van der Waals surface area contributed by atoms with Gasteiger partial charge in [-0.2, -0.15) is 0 Å². The number of allylic oxidation sites excluding steroid dienone is 1. The first-order chi connectivity index (χ1) is 10.5. The third kappa shape index (κ3) is 1.58. The lowest BCUT2D eigenvalue weighted by atomic mass is 9.79. The lowest BCUT2D eigenvalue weighted by molar-refractivity contribution is -0.144. The van der Waals surface area contributed by atoms with Gasteiger partial charge < -0.3 is 9.64 Å². The van der Waals surface area contributed by atoms with Gasteiger partial charge in [-0.3, -0.25) is 4.79 Å². The summed E-state index contributed by atoms with van der Waals surface area (Å²) in [4.78, 5) is 25.2. The summed E-state index contributed by atoms with van der Waals surface area (Å²) in [5, 5.41) is 0. The van der Waals surface area contributed by atoms with Crippen molar-refractivity contribution in [1.29, 1.82) is 0 Å². The molecule has 0 aromatic heterocycles. The van der Waals surface area contributed by atoms with Gasteiger partial charge in [0.25, 0.3) is 0 Å². The van der Waals surface area contributed by atoms with E-state index in [1.54, 1.807) is 6.08 Å². The first-order valence-corrected chi connectivity index (χ1v) is 7.53. The van der Waals surface area contributed by atoms with Crippen molar-refractivity contribution in [2.75, 3.05) is 11.4 Å². The van der Waals surface area contributed by atoms with E-state index in [9.17, 15) is 9.59 Å². The standard InChI is InChI=1S/C18H17NO3/c1-18(2)13-5-3-4-6-14(13)19-8-7-15-12(16(18)19)9-11(10-20)17(21)22-15/h3-6,9-10,15H,7-8H2,1-2H3. The van der Waals surface area contributed by atoms with Crippen molar-refractivity contribution in [3.8, 4) is 0 Å². The first kappa shape index (κ1) is 13.3. The molecule has 4 heteroatoms. The molecular weight excluding hydrogens is 278 g/mol. The van der Waals surface area contributed by atoms with Crippen molar-refractivity contribution >= 4 is 17.9 Å². The number of esters is 1. The molecule has 0 bridgehead atoms. The molecule has 0 N–H and O–H groups in total. The van der Waals surface area contributed by atoms with Crippen LogP contribution in [0.25, 0.3) is 0 Å². The molecule has 4 rings (SSSR count). The smallest absolute Gasteiger partial charge is 0.342 e. The summed E-state index contributed by atoms with van der Waals surface area (Å²) in [6.07, 6.45) is 2.81. The van der Waals surface area contributed by atoms with Gasteiger partial charge in [-0.15, -0.1) is 0 Å². The summed E-state index contributed by atoms with van der Waals surface area (Å²) in [5.41, 5.74) is 4.54. The number of nitrogens with zero attached hydrogens (tertiary/aromatic N) is 1. The van der Waals surface area contributed by atoms with Crippen LogP contribution in [0.1, 0.15) is 25.8 Å². The molecule has 0 aliphatic carbocycles. The number of fused-ring (bicyclic) bond motifs is 4. The quantitative estimate of drug-likeness (QED) is 0.454. The molecule has 3 aliphatic rings. The molecular formula is C18H17NO3. The molecule has 0 amide bonds. The van der Waals surface area contributed by atoms with E-state index < -0.39 is 5.97 Å². The highest BCUT2D eigenvalue weighted by Crippen LogP contribution is 2.51.